The Hall–Kier alpha value is -1.63. The lowest BCUT2D eigenvalue weighted by atomic mass is 10.00. The van der Waals surface area contributed by atoms with Crippen LogP contribution >= 0.6 is 11.6 Å². The van der Waals surface area contributed by atoms with Crippen molar-refractivity contribution in [3.8, 4) is 0 Å². The van der Waals surface area contributed by atoms with Gasteiger partial charge < -0.3 is 10.8 Å². The van der Waals surface area contributed by atoms with Gasteiger partial charge in [-0.1, -0.05) is 0 Å². The molecule has 0 saturated heterocycles. The van der Waals surface area contributed by atoms with Crippen molar-refractivity contribution in [2.24, 2.45) is 5.73 Å². The molecular formula is C12H10ClF2N3O. The average Bonchev–Trinajstić information content (AvgIpc) is 2.40. The molecule has 1 aromatic carbocycles. The van der Waals surface area contributed by atoms with Crippen molar-refractivity contribution in [1.29, 1.82) is 0 Å². The number of nitrogens with zero attached hydrogens (tertiary/aromatic N) is 2. The molecule has 100 valence electrons. The fourth-order valence-corrected chi connectivity index (χ4v) is 1.78. The molecule has 2 atom stereocenters. The van der Waals surface area contributed by atoms with Crippen molar-refractivity contribution < 1.29 is 13.9 Å². The van der Waals surface area contributed by atoms with Crippen molar-refractivity contribution in [1.82, 2.24) is 9.97 Å². The standard InChI is InChI=1S/C12H10ClF2N3O/c13-12-17-4-3-9(18-12)10(16)11(19)7-5-6(14)1-2-8(7)15/h1-5,10-11,19H,16H2/t10-,11-/m1/s1. The summed E-state index contributed by atoms with van der Waals surface area (Å²) in [5, 5.41) is 9.96. The molecule has 3 N–H and O–H groups in total. The minimum absolute atomic E-state index is 0.0418. The normalized spacial score (nSPS) is 14.2. The van der Waals surface area contributed by atoms with Gasteiger partial charge in [-0.25, -0.2) is 18.7 Å². The van der Waals surface area contributed by atoms with Gasteiger partial charge in [0.05, 0.1) is 11.7 Å². The highest BCUT2D eigenvalue weighted by molar-refractivity contribution is 6.28. The fourth-order valence-electron chi connectivity index (χ4n) is 1.63. The van der Waals surface area contributed by atoms with E-state index < -0.39 is 23.8 Å². The highest BCUT2D eigenvalue weighted by Crippen LogP contribution is 2.28. The van der Waals surface area contributed by atoms with Crippen molar-refractivity contribution >= 4 is 11.6 Å². The third kappa shape index (κ3) is 3.04. The molecule has 0 aliphatic rings. The molecule has 0 aliphatic carbocycles. The Labute approximate surface area is 112 Å². The van der Waals surface area contributed by atoms with Crippen molar-refractivity contribution in [2.75, 3.05) is 0 Å². The number of aliphatic hydroxyl groups is 1. The van der Waals surface area contributed by atoms with Crippen molar-refractivity contribution in [2.45, 2.75) is 12.1 Å². The van der Waals surface area contributed by atoms with E-state index in [-0.39, 0.29) is 16.5 Å². The second-order valence-electron chi connectivity index (χ2n) is 3.89. The van der Waals surface area contributed by atoms with Crippen LogP contribution in [0, 0.1) is 11.6 Å². The van der Waals surface area contributed by atoms with E-state index in [4.69, 9.17) is 17.3 Å². The third-order valence-electron chi connectivity index (χ3n) is 2.61. The predicted molar refractivity (Wildman–Crippen MR) is 65.3 cm³/mol. The molecule has 7 heteroatoms. The molecule has 0 amide bonds. The molecule has 4 nitrogen and oxygen atoms in total. The molecule has 0 spiro atoms. The molecule has 2 rings (SSSR count). The molecule has 0 unspecified atom stereocenters. The molecule has 2 aromatic rings. The van der Waals surface area contributed by atoms with Gasteiger partial charge in [0.25, 0.3) is 0 Å². The zero-order chi connectivity index (χ0) is 14.0. The lowest BCUT2D eigenvalue weighted by Crippen LogP contribution is -2.22. The Balaban J connectivity index is 2.33. The van der Waals surface area contributed by atoms with Crippen LogP contribution in [0.25, 0.3) is 0 Å². The topological polar surface area (TPSA) is 72.0 Å². The van der Waals surface area contributed by atoms with E-state index in [0.29, 0.717) is 0 Å². The second-order valence-corrected chi connectivity index (χ2v) is 4.23. The number of hydrogen-bond acceptors (Lipinski definition) is 4. The Morgan fingerprint density at radius 3 is 2.68 bits per heavy atom. The number of aliphatic hydroxyl groups excluding tert-OH is 1. The van der Waals surface area contributed by atoms with Gasteiger partial charge in [0, 0.05) is 11.8 Å². The first-order chi connectivity index (χ1) is 8.99. The highest BCUT2D eigenvalue weighted by atomic mass is 35.5. The summed E-state index contributed by atoms with van der Waals surface area (Å²) in [5.74, 6) is -1.41. The Kier molecular flexibility index (Phi) is 4.04. The van der Waals surface area contributed by atoms with Crippen LogP contribution in [0.5, 0.6) is 0 Å². The molecule has 0 fully saturated rings. The van der Waals surface area contributed by atoms with Crippen LogP contribution in [0.3, 0.4) is 0 Å². The summed E-state index contributed by atoms with van der Waals surface area (Å²) >= 11 is 5.60. The predicted octanol–water partition coefficient (Wildman–Crippen LogP) is 2.14. The molecular weight excluding hydrogens is 276 g/mol. The van der Waals surface area contributed by atoms with Gasteiger partial charge >= 0.3 is 0 Å². The molecule has 0 bridgehead atoms. The van der Waals surface area contributed by atoms with E-state index in [1.807, 2.05) is 0 Å². The summed E-state index contributed by atoms with van der Waals surface area (Å²) < 4.78 is 26.6. The lowest BCUT2D eigenvalue weighted by Gasteiger charge is -2.19. The number of halogens is 3. The smallest absolute Gasteiger partial charge is 0.222 e. The Morgan fingerprint density at radius 2 is 2.00 bits per heavy atom. The largest absolute Gasteiger partial charge is 0.386 e. The van der Waals surface area contributed by atoms with Gasteiger partial charge in [0.1, 0.15) is 17.7 Å². The van der Waals surface area contributed by atoms with Crippen LogP contribution in [-0.4, -0.2) is 15.1 Å². The van der Waals surface area contributed by atoms with Crippen LogP contribution in [0.4, 0.5) is 8.78 Å². The maximum Gasteiger partial charge on any atom is 0.222 e. The van der Waals surface area contributed by atoms with E-state index in [2.05, 4.69) is 9.97 Å². The quantitative estimate of drug-likeness (QED) is 0.848. The van der Waals surface area contributed by atoms with Gasteiger partial charge in [-0.15, -0.1) is 0 Å². The number of rotatable bonds is 3. The molecule has 0 saturated carbocycles. The first kappa shape index (κ1) is 13.8. The first-order valence-electron chi connectivity index (χ1n) is 5.36. The second kappa shape index (κ2) is 5.56. The average molecular weight is 286 g/mol. The molecule has 1 heterocycles. The number of benzene rings is 1. The molecule has 0 aliphatic heterocycles. The third-order valence-corrected chi connectivity index (χ3v) is 2.79. The zero-order valence-corrected chi connectivity index (χ0v) is 10.4. The van der Waals surface area contributed by atoms with Crippen molar-refractivity contribution in [3.05, 3.63) is 58.6 Å². The minimum atomic E-state index is -1.44. The summed E-state index contributed by atoms with van der Waals surface area (Å²) in [5.41, 5.74) is 5.77. The highest BCUT2D eigenvalue weighted by Gasteiger charge is 2.23. The van der Waals surface area contributed by atoms with Crippen LogP contribution in [0.1, 0.15) is 23.4 Å². The van der Waals surface area contributed by atoms with Crippen LogP contribution in [0.15, 0.2) is 30.5 Å². The van der Waals surface area contributed by atoms with E-state index >= 15 is 0 Å². The van der Waals surface area contributed by atoms with Crippen LogP contribution in [0.2, 0.25) is 5.28 Å². The maximum atomic E-state index is 13.5. The molecule has 1 aromatic heterocycles. The number of hydrogen-bond donors (Lipinski definition) is 2. The number of aromatic nitrogens is 2. The van der Waals surface area contributed by atoms with Crippen molar-refractivity contribution in [3.63, 3.8) is 0 Å². The van der Waals surface area contributed by atoms with Crippen LogP contribution < -0.4 is 5.73 Å². The summed E-state index contributed by atoms with van der Waals surface area (Å²) in [7, 11) is 0. The fraction of sp³-hybridized carbons (Fsp3) is 0.167. The lowest BCUT2D eigenvalue weighted by molar-refractivity contribution is 0.140. The van der Waals surface area contributed by atoms with Gasteiger partial charge in [-0.3, -0.25) is 0 Å². The molecule has 0 radical (unpaired) electrons. The summed E-state index contributed by atoms with van der Waals surface area (Å²) in [6, 6.07) is 3.17. The van der Waals surface area contributed by atoms with Gasteiger partial charge in [0.2, 0.25) is 5.28 Å². The summed E-state index contributed by atoms with van der Waals surface area (Å²) in [6.07, 6.45) is -0.0826. The van der Waals surface area contributed by atoms with E-state index in [1.165, 1.54) is 12.3 Å². The van der Waals surface area contributed by atoms with E-state index in [1.54, 1.807) is 0 Å². The van der Waals surface area contributed by atoms with Crippen LogP contribution in [-0.2, 0) is 0 Å². The zero-order valence-electron chi connectivity index (χ0n) is 9.59. The Bertz CT molecular complexity index is 597. The van der Waals surface area contributed by atoms with E-state index in [9.17, 15) is 13.9 Å². The SMILES string of the molecule is N[C@H](c1ccnc(Cl)n1)[C@H](O)c1cc(F)ccc1F. The number of nitrogens with two attached hydrogens (primary N) is 1. The Morgan fingerprint density at radius 1 is 1.26 bits per heavy atom. The monoisotopic (exact) mass is 285 g/mol. The first-order valence-corrected chi connectivity index (χ1v) is 5.74. The van der Waals surface area contributed by atoms with Gasteiger partial charge in [0.15, 0.2) is 0 Å². The molecule has 19 heavy (non-hydrogen) atoms. The van der Waals surface area contributed by atoms with Gasteiger partial charge in [-0.2, -0.15) is 0 Å². The van der Waals surface area contributed by atoms with E-state index in [0.717, 1.165) is 18.2 Å². The van der Waals surface area contributed by atoms with Gasteiger partial charge in [-0.05, 0) is 35.9 Å². The summed E-state index contributed by atoms with van der Waals surface area (Å²) in [6.45, 7) is 0. The maximum absolute atomic E-state index is 13.5. The summed E-state index contributed by atoms with van der Waals surface area (Å²) in [4.78, 5) is 7.49. The minimum Gasteiger partial charge on any atom is -0.386 e.